The number of nitrogens with one attached hydrogen (secondary N) is 2. The van der Waals surface area contributed by atoms with Crippen LogP contribution in [0, 0.1) is 11.8 Å². The quantitative estimate of drug-likeness (QED) is 0.824. The van der Waals surface area contributed by atoms with Crippen LogP contribution >= 0.6 is 0 Å². The molecule has 1 amide bonds. The van der Waals surface area contributed by atoms with Gasteiger partial charge >= 0.3 is 0 Å². The molecule has 2 saturated heterocycles. The Hall–Kier alpha value is -2.32. The predicted molar refractivity (Wildman–Crippen MR) is 108 cm³/mol. The van der Waals surface area contributed by atoms with Crippen molar-refractivity contribution in [1.82, 2.24) is 35.7 Å². The molecule has 4 unspecified atom stereocenters. The Bertz CT molecular complexity index is 846. The minimum Gasteiger partial charge on any atom is -0.341 e. The number of hydrogen-bond acceptors (Lipinski definition) is 6. The lowest BCUT2D eigenvalue weighted by atomic mass is 9.76. The minimum atomic E-state index is -0.0820. The summed E-state index contributed by atoms with van der Waals surface area (Å²) in [6, 6.07) is 6.43. The minimum absolute atomic E-state index is 0.0820. The number of carbonyl (C=O) groups excluding carboxylic acids is 1. The van der Waals surface area contributed by atoms with Crippen molar-refractivity contribution in [3.8, 4) is 11.4 Å². The van der Waals surface area contributed by atoms with Crippen molar-refractivity contribution in [2.45, 2.75) is 57.2 Å². The number of aromatic nitrogens is 4. The van der Waals surface area contributed by atoms with Crippen LogP contribution in [-0.4, -0.2) is 56.0 Å². The van der Waals surface area contributed by atoms with Gasteiger partial charge in [-0.05, 0) is 50.2 Å². The fraction of sp³-hybridized carbons (Fsp3) is 0.619. The van der Waals surface area contributed by atoms with Gasteiger partial charge in [0.05, 0.1) is 17.9 Å². The third-order valence-corrected chi connectivity index (χ3v) is 6.87. The number of amides is 1. The summed E-state index contributed by atoms with van der Waals surface area (Å²) in [5.41, 5.74) is 8.31. The van der Waals surface area contributed by atoms with Crippen LogP contribution in [0.25, 0.3) is 11.4 Å². The number of pyridine rings is 1. The van der Waals surface area contributed by atoms with Crippen molar-refractivity contribution in [2.75, 3.05) is 13.1 Å². The van der Waals surface area contributed by atoms with Crippen molar-refractivity contribution >= 4 is 5.91 Å². The Morgan fingerprint density at radius 3 is 2.76 bits per heavy atom. The van der Waals surface area contributed by atoms with E-state index in [0.717, 1.165) is 50.2 Å². The molecule has 4 atom stereocenters. The van der Waals surface area contributed by atoms with E-state index in [1.165, 1.54) is 6.42 Å². The van der Waals surface area contributed by atoms with Crippen LogP contribution in [0.15, 0.2) is 30.6 Å². The summed E-state index contributed by atoms with van der Waals surface area (Å²) in [5, 5.41) is 8.61. The number of piperidine rings is 1. The average molecular weight is 396 g/mol. The monoisotopic (exact) mass is 395 g/mol. The topological polar surface area (TPSA) is 88.0 Å². The molecule has 1 aliphatic carbocycles. The summed E-state index contributed by atoms with van der Waals surface area (Å²) < 4.78 is 1.94. The van der Waals surface area contributed by atoms with Crippen LogP contribution < -0.4 is 10.9 Å². The van der Waals surface area contributed by atoms with Gasteiger partial charge in [0.25, 0.3) is 0 Å². The van der Waals surface area contributed by atoms with E-state index in [-0.39, 0.29) is 18.0 Å². The second-order valence-corrected chi connectivity index (χ2v) is 8.81. The zero-order valence-corrected chi connectivity index (χ0v) is 16.9. The highest BCUT2D eigenvalue weighted by Gasteiger charge is 2.44. The second kappa shape index (κ2) is 7.84. The number of carbonyl (C=O) groups is 1. The molecule has 0 bridgehead atoms. The first-order valence-electron chi connectivity index (χ1n) is 10.8. The number of nitrogens with zero attached hydrogens (tertiary/aromatic N) is 5. The Kier molecular flexibility index (Phi) is 5.05. The van der Waals surface area contributed by atoms with Crippen molar-refractivity contribution < 1.29 is 4.79 Å². The lowest BCUT2D eigenvalue weighted by Crippen LogP contribution is -2.50. The molecule has 1 saturated carbocycles. The number of hydrogen-bond donors (Lipinski definition) is 2. The maximum absolute atomic E-state index is 13.2. The zero-order valence-electron chi connectivity index (χ0n) is 16.9. The Labute approximate surface area is 171 Å². The molecule has 0 aromatic carbocycles. The Morgan fingerprint density at radius 1 is 1.10 bits per heavy atom. The van der Waals surface area contributed by atoms with Crippen LogP contribution in [0.4, 0.5) is 0 Å². The lowest BCUT2D eigenvalue weighted by molar-refractivity contribution is -0.135. The molecule has 8 nitrogen and oxygen atoms in total. The third kappa shape index (κ3) is 3.67. The van der Waals surface area contributed by atoms with E-state index < -0.39 is 0 Å². The average Bonchev–Trinajstić information content (AvgIpc) is 3.41. The summed E-state index contributed by atoms with van der Waals surface area (Å²) >= 11 is 0. The smallest absolute Gasteiger partial charge is 0.241 e. The van der Waals surface area contributed by atoms with Gasteiger partial charge in [0, 0.05) is 31.2 Å². The number of likely N-dealkylation sites (tertiary alicyclic amines) is 1. The molecule has 29 heavy (non-hydrogen) atoms. The highest BCUT2D eigenvalue weighted by atomic mass is 16.2. The predicted octanol–water partition coefficient (Wildman–Crippen LogP) is 1.78. The molecule has 0 spiro atoms. The van der Waals surface area contributed by atoms with Gasteiger partial charge in [0.2, 0.25) is 5.91 Å². The highest BCUT2D eigenvalue weighted by molar-refractivity contribution is 5.82. The number of fused-ring (bicyclic) bond motifs is 1. The van der Waals surface area contributed by atoms with Crippen molar-refractivity contribution in [3.63, 3.8) is 0 Å². The maximum Gasteiger partial charge on any atom is 0.241 e. The van der Waals surface area contributed by atoms with Gasteiger partial charge < -0.3 is 4.90 Å². The molecule has 8 heteroatoms. The van der Waals surface area contributed by atoms with Gasteiger partial charge in [-0.3, -0.25) is 15.2 Å². The van der Waals surface area contributed by atoms with Crippen LogP contribution in [0.2, 0.25) is 0 Å². The summed E-state index contributed by atoms with van der Waals surface area (Å²) in [6.45, 7) is 3.85. The largest absolute Gasteiger partial charge is 0.341 e. The van der Waals surface area contributed by atoms with Gasteiger partial charge in [-0.2, -0.15) is 0 Å². The molecular weight excluding hydrogens is 366 g/mol. The van der Waals surface area contributed by atoms with Crippen molar-refractivity contribution in [1.29, 1.82) is 0 Å². The van der Waals surface area contributed by atoms with Crippen molar-refractivity contribution in [2.24, 2.45) is 11.8 Å². The van der Waals surface area contributed by atoms with E-state index in [2.05, 4.69) is 33.1 Å². The number of rotatable bonds is 3. The van der Waals surface area contributed by atoms with Gasteiger partial charge in [0.1, 0.15) is 11.7 Å². The van der Waals surface area contributed by atoms with Gasteiger partial charge in [0.15, 0.2) is 0 Å². The van der Waals surface area contributed by atoms with Crippen molar-refractivity contribution in [3.05, 3.63) is 30.6 Å². The zero-order chi connectivity index (χ0) is 19.8. The fourth-order valence-corrected chi connectivity index (χ4v) is 5.16. The summed E-state index contributed by atoms with van der Waals surface area (Å²) in [6.07, 6.45) is 9.09. The molecule has 2 N–H and O–H groups in total. The molecule has 3 fully saturated rings. The lowest BCUT2D eigenvalue weighted by Gasteiger charge is -2.36. The maximum atomic E-state index is 13.2. The van der Waals surface area contributed by atoms with Crippen LogP contribution in [0.1, 0.15) is 45.1 Å². The molecule has 0 radical (unpaired) electrons. The second-order valence-electron chi connectivity index (χ2n) is 8.81. The molecule has 2 aromatic heterocycles. The molecule has 5 rings (SSSR count). The van der Waals surface area contributed by atoms with E-state index >= 15 is 0 Å². The third-order valence-electron chi connectivity index (χ3n) is 6.87. The molecule has 4 heterocycles. The first kappa shape index (κ1) is 18.7. The summed E-state index contributed by atoms with van der Waals surface area (Å²) in [4.78, 5) is 19.6. The highest BCUT2D eigenvalue weighted by Crippen LogP contribution is 2.35. The first-order valence-corrected chi connectivity index (χ1v) is 10.8. The molecular formula is C21H29N7O. The number of hydrazine groups is 1. The standard InChI is InChI=1S/C21H29N7O/c1-14-5-6-17-16(12-14)20(25-23-17)21(29)27-10-7-15(8-11-27)28-13-19(24-26-28)18-4-2-3-9-22-18/h2-4,9,13-17,20,23,25H,5-8,10-12H2,1H3. The summed E-state index contributed by atoms with van der Waals surface area (Å²) in [5.74, 6) is 1.38. The van der Waals surface area contributed by atoms with Crippen LogP contribution in [0.5, 0.6) is 0 Å². The van der Waals surface area contributed by atoms with E-state index in [1.807, 2.05) is 34.0 Å². The van der Waals surface area contributed by atoms with Gasteiger partial charge in [-0.15, -0.1) is 5.10 Å². The van der Waals surface area contributed by atoms with E-state index in [1.54, 1.807) is 6.20 Å². The molecule has 3 aliphatic rings. The van der Waals surface area contributed by atoms with Gasteiger partial charge in [-0.25, -0.2) is 10.1 Å². The Balaban J connectivity index is 1.20. The van der Waals surface area contributed by atoms with E-state index in [9.17, 15) is 4.79 Å². The molecule has 2 aliphatic heterocycles. The Morgan fingerprint density at radius 2 is 1.97 bits per heavy atom. The molecule has 2 aromatic rings. The first-order chi connectivity index (χ1) is 14.2. The van der Waals surface area contributed by atoms with Crippen LogP contribution in [-0.2, 0) is 4.79 Å². The molecule has 154 valence electrons. The fourth-order valence-electron chi connectivity index (χ4n) is 5.16. The SMILES string of the molecule is CC1CCC2NNC(C(=O)N3CCC(n4cc(-c5ccccn5)nn4)CC3)C2C1. The van der Waals surface area contributed by atoms with Gasteiger partial charge in [-0.1, -0.05) is 18.2 Å². The van der Waals surface area contributed by atoms with Crippen LogP contribution in [0.3, 0.4) is 0 Å². The summed E-state index contributed by atoms with van der Waals surface area (Å²) in [7, 11) is 0. The van der Waals surface area contributed by atoms with E-state index in [0.29, 0.717) is 17.9 Å². The normalized spacial score (nSPS) is 30.3. The van der Waals surface area contributed by atoms with E-state index in [4.69, 9.17) is 0 Å².